The van der Waals surface area contributed by atoms with Gasteiger partial charge in [0.2, 0.25) is 10.0 Å². The van der Waals surface area contributed by atoms with Gasteiger partial charge in [-0.1, -0.05) is 0 Å². The zero-order chi connectivity index (χ0) is 23.0. The number of sulfonamides is 1. The van der Waals surface area contributed by atoms with Gasteiger partial charge in [-0.05, 0) is 54.3 Å². The Bertz CT molecular complexity index is 1440. The van der Waals surface area contributed by atoms with E-state index in [-0.39, 0.29) is 31.2 Å². The number of rotatable bonds is 7. The van der Waals surface area contributed by atoms with E-state index >= 15 is 0 Å². The molecule has 168 valence electrons. The third-order valence-electron chi connectivity index (χ3n) is 5.05. The van der Waals surface area contributed by atoms with Gasteiger partial charge in [-0.3, -0.25) is 0 Å². The number of thiophene rings is 1. The van der Waals surface area contributed by atoms with Crippen LogP contribution in [0.15, 0.2) is 41.8 Å². The second-order valence-corrected chi connectivity index (χ2v) is 10.0. The molecule has 2 aromatic carbocycles. The Balaban J connectivity index is 1.94. The number of hydrogen-bond acceptors (Lipinski definition) is 5. The van der Waals surface area contributed by atoms with Gasteiger partial charge in [0.25, 0.3) is 0 Å². The zero-order valence-corrected chi connectivity index (χ0v) is 18.9. The van der Waals surface area contributed by atoms with Crippen molar-refractivity contribution in [1.82, 2.24) is 9.29 Å². The number of hydrogen-bond donors (Lipinski definition) is 1. The lowest BCUT2D eigenvalue weighted by Crippen LogP contribution is -2.23. The van der Waals surface area contributed by atoms with E-state index < -0.39 is 21.8 Å². The highest BCUT2D eigenvalue weighted by Crippen LogP contribution is 2.32. The van der Waals surface area contributed by atoms with E-state index in [1.54, 1.807) is 17.6 Å². The molecule has 2 aromatic heterocycles. The molecule has 0 aliphatic carbocycles. The minimum Gasteiger partial charge on any atom is -0.461 e. The Morgan fingerprint density at radius 3 is 2.50 bits per heavy atom. The third-order valence-corrected chi connectivity index (χ3v) is 6.74. The number of aromatic nitrogens is 1. The molecule has 2 heterocycles. The Hall–Kier alpha value is -2.82. The summed E-state index contributed by atoms with van der Waals surface area (Å²) in [5, 5.41) is 2.99. The summed E-state index contributed by atoms with van der Waals surface area (Å²) in [7, 11) is -3.58. The monoisotopic (exact) mass is 478 g/mol. The Kier molecular flexibility index (Phi) is 6.02. The number of nitrogens with one attached hydrogen (secondary N) is 1. The standard InChI is InChI=1S/C22H20F2N2O4S2/c1-3-30-22(27)21-18(10-25-32(2,28)29)17-9-14(23)4-6-19(17)26(21)11-13-12-31-20-7-5-15(24)8-16(13)20/h4-9,12,25H,3,10-11H2,1-2H3. The molecule has 0 radical (unpaired) electrons. The molecule has 32 heavy (non-hydrogen) atoms. The summed E-state index contributed by atoms with van der Waals surface area (Å²) in [5.74, 6) is -1.55. The topological polar surface area (TPSA) is 77.4 Å². The summed E-state index contributed by atoms with van der Waals surface area (Å²) in [6, 6.07) is 8.58. The number of halogens is 2. The fourth-order valence-electron chi connectivity index (χ4n) is 3.72. The molecule has 4 rings (SSSR count). The molecule has 0 fully saturated rings. The molecule has 0 bridgehead atoms. The van der Waals surface area contributed by atoms with Crippen LogP contribution < -0.4 is 4.72 Å². The number of carbonyl (C=O) groups is 1. The highest BCUT2D eigenvalue weighted by atomic mass is 32.2. The molecule has 0 aliphatic heterocycles. The van der Waals surface area contributed by atoms with Gasteiger partial charge in [-0.2, -0.15) is 0 Å². The molecule has 0 aliphatic rings. The first-order valence-electron chi connectivity index (χ1n) is 9.76. The van der Waals surface area contributed by atoms with Crippen LogP contribution in [0.5, 0.6) is 0 Å². The van der Waals surface area contributed by atoms with Crippen LogP contribution in [0, 0.1) is 11.6 Å². The maximum atomic E-state index is 14.1. The molecule has 0 saturated carbocycles. The van der Waals surface area contributed by atoms with Crippen LogP contribution in [0.3, 0.4) is 0 Å². The van der Waals surface area contributed by atoms with Crippen LogP contribution >= 0.6 is 11.3 Å². The predicted octanol–water partition coefficient (Wildman–Crippen LogP) is 4.41. The molecule has 0 atom stereocenters. The molecule has 0 saturated heterocycles. The molecule has 0 unspecified atom stereocenters. The first kappa shape index (κ1) is 22.4. The number of ether oxygens (including phenoxy) is 1. The minimum absolute atomic E-state index is 0.111. The highest BCUT2D eigenvalue weighted by molar-refractivity contribution is 7.88. The smallest absolute Gasteiger partial charge is 0.355 e. The van der Waals surface area contributed by atoms with Crippen LogP contribution in [0.25, 0.3) is 21.0 Å². The summed E-state index contributed by atoms with van der Waals surface area (Å²) in [6.45, 7) is 1.76. The fraction of sp³-hybridized carbons (Fsp3) is 0.227. The van der Waals surface area contributed by atoms with E-state index in [0.717, 1.165) is 16.5 Å². The van der Waals surface area contributed by atoms with Crippen molar-refractivity contribution in [3.63, 3.8) is 0 Å². The van der Waals surface area contributed by atoms with E-state index in [2.05, 4.69) is 4.72 Å². The Morgan fingerprint density at radius 2 is 1.81 bits per heavy atom. The second kappa shape index (κ2) is 8.61. The van der Waals surface area contributed by atoms with Crippen LogP contribution in [0.4, 0.5) is 8.78 Å². The number of esters is 1. The van der Waals surface area contributed by atoms with Crippen LogP contribution in [0.1, 0.15) is 28.5 Å². The van der Waals surface area contributed by atoms with E-state index in [9.17, 15) is 22.0 Å². The summed E-state index contributed by atoms with van der Waals surface area (Å²) < 4.78 is 61.6. The first-order chi connectivity index (χ1) is 15.2. The Labute approximate surface area is 187 Å². The first-order valence-corrected chi connectivity index (χ1v) is 12.5. The average Bonchev–Trinajstić information content (AvgIpc) is 3.24. The predicted molar refractivity (Wildman–Crippen MR) is 120 cm³/mol. The van der Waals surface area contributed by atoms with E-state index in [1.165, 1.54) is 41.7 Å². The molecule has 10 heteroatoms. The van der Waals surface area contributed by atoms with Gasteiger partial charge in [0.15, 0.2) is 0 Å². The van der Waals surface area contributed by atoms with Gasteiger partial charge >= 0.3 is 5.97 Å². The van der Waals surface area contributed by atoms with Crippen molar-refractivity contribution < 1.29 is 26.7 Å². The molecule has 1 N–H and O–H groups in total. The average molecular weight is 479 g/mol. The van der Waals surface area contributed by atoms with Crippen molar-refractivity contribution >= 4 is 48.3 Å². The van der Waals surface area contributed by atoms with Crippen molar-refractivity contribution in [2.45, 2.75) is 20.0 Å². The lowest BCUT2D eigenvalue weighted by atomic mass is 10.1. The van der Waals surface area contributed by atoms with Crippen molar-refractivity contribution in [2.75, 3.05) is 12.9 Å². The fourth-order valence-corrected chi connectivity index (χ4v) is 5.06. The van der Waals surface area contributed by atoms with Crippen LogP contribution in [-0.2, 0) is 27.8 Å². The van der Waals surface area contributed by atoms with E-state index in [1.807, 2.05) is 5.38 Å². The molecule has 6 nitrogen and oxygen atoms in total. The maximum Gasteiger partial charge on any atom is 0.355 e. The number of fused-ring (bicyclic) bond motifs is 2. The maximum absolute atomic E-state index is 14.1. The summed E-state index contributed by atoms with van der Waals surface area (Å²) in [4.78, 5) is 12.9. The van der Waals surface area contributed by atoms with Crippen LogP contribution in [0.2, 0.25) is 0 Å². The summed E-state index contributed by atoms with van der Waals surface area (Å²) >= 11 is 1.45. The van der Waals surface area contributed by atoms with Crippen LogP contribution in [-0.4, -0.2) is 31.8 Å². The molecular weight excluding hydrogens is 458 g/mol. The highest BCUT2D eigenvalue weighted by Gasteiger charge is 2.25. The Morgan fingerprint density at radius 1 is 1.12 bits per heavy atom. The van der Waals surface area contributed by atoms with Gasteiger partial charge in [0, 0.05) is 39.6 Å². The summed E-state index contributed by atoms with van der Waals surface area (Å²) in [5.41, 5.74) is 1.75. The van der Waals surface area contributed by atoms with Gasteiger partial charge < -0.3 is 9.30 Å². The summed E-state index contributed by atoms with van der Waals surface area (Å²) in [6.07, 6.45) is 1.00. The van der Waals surface area contributed by atoms with E-state index in [0.29, 0.717) is 21.9 Å². The number of benzene rings is 2. The second-order valence-electron chi connectivity index (χ2n) is 7.29. The molecule has 4 aromatic rings. The number of carbonyl (C=O) groups excluding carboxylic acids is 1. The van der Waals surface area contributed by atoms with Gasteiger partial charge in [0.1, 0.15) is 17.3 Å². The molecule has 0 spiro atoms. The molecule has 0 amide bonds. The normalized spacial score (nSPS) is 12.0. The van der Waals surface area contributed by atoms with Crippen molar-refractivity contribution in [3.8, 4) is 0 Å². The lowest BCUT2D eigenvalue weighted by molar-refractivity contribution is 0.0513. The lowest BCUT2D eigenvalue weighted by Gasteiger charge is -2.12. The quantitative estimate of drug-likeness (QED) is 0.399. The minimum atomic E-state index is -3.58. The largest absolute Gasteiger partial charge is 0.461 e. The third kappa shape index (κ3) is 4.38. The molecular formula is C22H20F2N2O4S2. The number of nitrogens with zero attached hydrogens (tertiary/aromatic N) is 1. The zero-order valence-electron chi connectivity index (χ0n) is 17.3. The van der Waals surface area contributed by atoms with Gasteiger partial charge in [-0.15, -0.1) is 11.3 Å². The van der Waals surface area contributed by atoms with E-state index in [4.69, 9.17) is 4.74 Å². The van der Waals surface area contributed by atoms with Gasteiger partial charge in [0.05, 0.1) is 12.9 Å². The van der Waals surface area contributed by atoms with Crippen molar-refractivity contribution in [2.24, 2.45) is 0 Å². The van der Waals surface area contributed by atoms with Crippen molar-refractivity contribution in [3.05, 3.63) is 70.2 Å². The SMILES string of the molecule is CCOC(=O)c1c(CNS(C)(=O)=O)c2cc(F)ccc2n1Cc1csc2ccc(F)cc12. The van der Waals surface area contributed by atoms with Gasteiger partial charge in [-0.25, -0.2) is 26.7 Å². The van der Waals surface area contributed by atoms with Crippen molar-refractivity contribution in [1.29, 1.82) is 0 Å².